The van der Waals surface area contributed by atoms with E-state index in [0.29, 0.717) is 11.6 Å². The first-order valence-electron chi connectivity index (χ1n) is 10.3. The van der Waals surface area contributed by atoms with Crippen LogP contribution in [0.1, 0.15) is 30.3 Å². The highest BCUT2D eigenvalue weighted by molar-refractivity contribution is 6.01. The number of amides is 1. The van der Waals surface area contributed by atoms with Crippen molar-refractivity contribution in [2.45, 2.75) is 19.8 Å². The molecule has 0 saturated carbocycles. The Morgan fingerprint density at radius 1 is 1.00 bits per heavy atom. The summed E-state index contributed by atoms with van der Waals surface area (Å²) in [7, 11) is 3.28. The second-order valence-electron chi connectivity index (χ2n) is 7.77. The lowest BCUT2D eigenvalue weighted by atomic mass is 9.99. The van der Waals surface area contributed by atoms with Crippen LogP contribution in [-0.2, 0) is 0 Å². The van der Waals surface area contributed by atoms with E-state index in [-0.39, 0.29) is 5.91 Å². The summed E-state index contributed by atoms with van der Waals surface area (Å²) < 4.78 is 10.6. The zero-order valence-corrected chi connectivity index (χ0v) is 17.6. The molecule has 1 amide bonds. The zero-order chi connectivity index (χ0) is 21.1. The van der Waals surface area contributed by atoms with E-state index in [1.54, 1.807) is 14.2 Å². The molecule has 1 aromatic heterocycles. The smallest absolute Gasteiger partial charge is 0.272 e. The number of fused-ring (bicyclic) bond motifs is 1. The van der Waals surface area contributed by atoms with E-state index in [1.807, 2.05) is 53.4 Å². The zero-order valence-electron chi connectivity index (χ0n) is 17.6. The number of nitrogens with one attached hydrogen (secondary N) is 1. The van der Waals surface area contributed by atoms with Crippen molar-refractivity contribution in [1.29, 1.82) is 0 Å². The highest BCUT2D eigenvalue weighted by Gasteiger charge is 2.23. The van der Waals surface area contributed by atoms with Gasteiger partial charge in [-0.1, -0.05) is 6.92 Å². The van der Waals surface area contributed by atoms with Gasteiger partial charge in [-0.3, -0.25) is 4.79 Å². The second kappa shape index (κ2) is 8.61. The molecule has 156 valence electrons. The van der Waals surface area contributed by atoms with Crippen molar-refractivity contribution in [2.75, 3.05) is 32.6 Å². The molecule has 0 radical (unpaired) electrons. The maximum atomic E-state index is 13.2. The van der Waals surface area contributed by atoms with Crippen molar-refractivity contribution < 1.29 is 14.3 Å². The molecule has 30 heavy (non-hydrogen) atoms. The van der Waals surface area contributed by atoms with Gasteiger partial charge in [-0.15, -0.1) is 0 Å². The van der Waals surface area contributed by atoms with Crippen molar-refractivity contribution in [3.05, 3.63) is 54.2 Å². The Bertz CT molecular complexity index is 1040. The number of nitrogens with zero attached hydrogens (tertiary/aromatic N) is 2. The lowest BCUT2D eigenvalue weighted by molar-refractivity contribution is 0.0691. The number of carbonyl (C=O) groups is 1. The highest BCUT2D eigenvalue weighted by atomic mass is 16.5. The van der Waals surface area contributed by atoms with Crippen LogP contribution in [0.4, 0.5) is 11.4 Å². The minimum atomic E-state index is -0.0163. The maximum absolute atomic E-state index is 13.2. The van der Waals surface area contributed by atoms with Gasteiger partial charge in [0.1, 0.15) is 17.2 Å². The largest absolute Gasteiger partial charge is 0.497 e. The van der Waals surface area contributed by atoms with E-state index >= 15 is 0 Å². The average molecular weight is 405 g/mol. The van der Waals surface area contributed by atoms with Crippen LogP contribution < -0.4 is 14.8 Å². The van der Waals surface area contributed by atoms with Crippen molar-refractivity contribution in [3.63, 3.8) is 0 Å². The predicted molar refractivity (Wildman–Crippen MR) is 119 cm³/mol. The lowest BCUT2D eigenvalue weighted by Crippen LogP contribution is -2.38. The van der Waals surface area contributed by atoms with Gasteiger partial charge in [0.05, 0.1) is 25.4 Å². The normalized spacial score (nSPS) is 14.6. The molecule has 3 aromatic rings. The van der Waals surface area contributed by atoms with Crippen LogP contribution in [0.25, 0.3) is 10.9 Å². The van der Waals surface area contributed by atoms with Crippen LogP contribution in [0.5, 0.6) is 11.5 Å². The number of hydrogen-bond donors (Lipinski definition) is 1. The van der Waals surface area contributed by atoms with Gasteiger partial charge in [0, 0.05) is 24.2 Å². The Hall–Kier alpha value is -3.28. The summed E-state index contributed by atoms with van der Waals surface area (Å²) in [6.45, 7) is 3.80. The molecule has 4 rings (SSSR count). The summed E-state index contributed by atoms with van der Waals surface area (Å²) in [6, 6.07) is 15.2. The Morgan fingerprint density at radius 2 is 1.67 bits per heavy atom. The van der Waals surface area contributed by atoms with Crippen molar-refractivity contribution >= 4 is 28.2 Å². The molecule has 1 aliphatic heterocycles. The molecule has 0 unspecified atom stereocenters. The first-order chi connectivity index (χ1) is 14.6. The third kappa shape index (κ3) is 4.17. The SMILES string of the molecule is COc1ccc(Nc2cc(C(=O)N3CCC(C)CC3)nc3ccc(OC)cc23)cc1. The number of methoxy groups -OCH3 is 2. The van der Waals surface area contributed by atoms with Crippen molar-refractivity contribution in [3.8, 4) is 11.5 Å². The molecule has 1 aliphatic rings. The van der Waals surface area contributed by atoms with Crippen LogP contribution >= 0.6 is 0 Å². The fraction of sp³-hybridized carbons (Fsp3) is 0.333. The van der Waals surface area contributed by atoms with Gasteiger partial charge in [0.2, 0.25) is 0 Å². The molecule has 2 aromatic carbocycles. The molecule has 2 heterocycles. The summed E-state index contributed by atoms with van der Waals surface area (Å²) >= 11 is 0. The van der Waals surface area contributed by atoms with Gasteiger partial charge in [-0.25, -0.2) is 4.98 Å². The maximum Gasteiger partial charge on any atom is 0.272 e. The number of rotatable bonds is 5. The number of likely N-dealkylation sites (tertiary alicyclic amines) is 1. The first kappa shape index (κ1) is 20.0. The van der Waals surface area contributed by atoms with Gasteiger partial charge in [-0.2, -0.15) is 0 Å². The molecule has 0 atom stereocenters. The second-order valence-corrected chi connectivity index (χ2v) is 7.77. The summed E-state index contributed by atoms with van der Waals surface area (Å²) in [6.07, 6.45) is 2.07. The summed E-state index contributed by atoms with van der Waals surface area (Å²) in [5, 5.41) is 4.33. The van der Waals surface area contributed by atoms with Crippen LogP contribution in [0.15, 0.2) is 48.5 Å². The Morgan fingerprint density at radius 3 is 2.33 bits per heavy atom. The molecule has 6 heteroatoms. The van der Waals surface area contributed by atoms with E-state index in [1.165, 1.54) is 0 Å². The third-order valence-electron chi connectivity index (χ3n) is 5.67. The number of aromatic nitrogens is 1. The fourth-order valence-electron chi connectivity index (χ4n) is 3.75. The number of pyridine rings is 1. The topological polar surface area (TPSA) is 63.7 Å². The van der Waals surface area contributed by atoms with Crippen LogP contribution in [0, 0.1) is 5.92 Å². The average Bonchev–Trinajstić information content (AvgIpc) is 2.79. The highest BCUT2D eigenvalue weighted by Crippen LogP contribution is 2.31. The molecule has 1 N–H and O–H groups in total. The van der Waals surface area contributed by atoms with Gasteiger partial charge in [-0.05, 0) is 67.3 Å². The summed E-state index contributed by atoms with van der Waals surface area (Å²) in [5.41, 5.74) is 2.93. The van der Waals surface area contributed by atoms with E-state index in [4.69, 9.17) is 9.47 Å². The quantitative estimate of drug-likeness (QED) is 0.656. The van der Waals surface area contributed by atoms with Crippen molar-refractivity contribution in [1.82, 2.24) is 9.88 Å². The minimum absolute atomic E-state index is 0.0163. The number of anilines is 2. The van der Waals surface area contributed by atoms with Gasteiger partial charge >= 0.3 is 0 Å². The number of ether oxygens (including phenoxy) is 2. The Balaban J connectivity index is 1.72. The standard InChI is InChI=1S/C24H27N3O3/c1-16-10-12-27(13-11-16)24(28)23-15-22(25-17-4-6-18(29-2)7-5-17)20-14-19(30-3)8-9-21(20)26-23/h4-9,14-16H,10-13H2,1-3H3,(H,25,26). The molecule has 6 nitrogen and oxygen atoms in total. The molecular formula is C24H27N3O3. The third-order valence-corrected chi connectivity index (χ3v) is 5.67. The predicted octanol–water partition coefficient (Wildman–Crippen LogP) is 4.87. The van der Waals surface area contributed by atoms with Crippen molar-refractivity contribution in [2.24, 2.45) is 5.92 Å². The number of benzene rings is 2. The molecular weight excluding hydrogens is 378 g/mol. The van der Waals surface area contributed by atoms with Crippen LogP contribution in [-0.4, -0.2) is 43.1 Å². The molecule has 1 saturated heterocycles. The number of piperidine rings is 1. The summed E-state index contributed by atoms with van der Waals surface area (Å²) in [5.74, 6) is 2.18. The van der Waals surface area contributed by atoms with Gasteiger partial charge in [0.25, 0.3) is 5.91 Å². The van der Waals surface area contributed by atoms with E-state index in [9.17, 15) is 4.79 Å². The number of hydrogen-bond acceptors (Lipinski definition) is 5. The van der Waals surface area contributed by atoms with Gasteiger partial charge in [0.15, 0.2) is 0 Å². The summed E-state index contributed by atoms with van der Waals surface area (Å²) in [4.78, 5) is 19.7. The lowest BCUT2D eigenvalue weighted by Gasteiger charge is -2.30. The molecule has 0 bridgehead atoms. The Kier molecular flexibility index (Phi) is 5.74. The van der Waals surface area contributed by atoms with Crippen LogP contribution in [0.3, 0.4) is 0 Å². The molecule has 1 fully saturated rings. The Labute approximate surface area is 176 Å². The minimum Gasteiger partial charge on any atom is -0.497 e. The van der Waals surface area contributed by atoms with Gasteiger partial charge < -0.3 is 19.7 Å². The first-order valence-corrected chi connectivity index (χ1v) is 10.3. The molecule has 0 spiro atoms. The fourth-order valence-corrected chi connectivity index (χ4v) is 3.75. The monoisotopic (exact) mass is 405 g/mol. The number of carbonyl (C=O) groups excluding carboxylic acids is 1. The van der Waals surface area contributed by atoms with E-state index < -0.39 is 0 Å². The van der Waals surface area contributed by atoms with E-state index in [2.05, 4.69) is 17.2 Å². The molecule has 0 aliphatic carbocycles. The van der Waals surface area contributed by atoms with E-state index in [0.717, 1.165) is 59.7 Å². The van der Waals surface area contributed by atoms with Crippen LogP contribution in [0.2, 0.25) is 0 Å².